The maximum absolute atomic E-state index is 14.0. The summed E-state index contributed by atoms with van der Waals surface area (Å²) >= 11 is 0. The molecule has 5 nitrogen and oxygen atoms in total. The average Bonchev–Trinajstić information content (AvgIpc) is 2.68. The van der Waals surface area contributed by atoms with E-state index in [1.807, 2.05) is 0 Å². The van der Waals surface area contributed by atoms with Crippen molar-refractivity contribution < 1.29 is 26.7 Å². The highest BCUT2D eigenvalue weighted by Gasteiger charge is 2.16. The minimum Gasteiger partial charge on any atom is -0.493 e. The lowest BCUT2D eigenvalue weighted by Crippen LogP contribution is -2.11. The van der Waals surface area contributed by atoms with Gasteiger partial charge < -0.3 is 9.47 Å². The molecule has 0 heterocycles. The molecule has 0 unspecified atom stereocenters. The lowest BCUT2D eigenvalue weighted by molar-refractivity contribution is 0.355. The second-order valence-electron chi connectivity index (χ2n) is 5.95. The molecule has 0 saturated carbocycles. The maximum atomic E-state index is 14.0. The van der Waals surface area contributed by atoms with Crippen LogP contribution in [-0.4, -0.2) is 22.6 Å². The fourth-order valence-corrected chi connectivity index (χ4v) is 3.37. The lowest BCUT2D eigenvalue weighted by Gasteiger charge is -2.14. The number of methoxy groups -OCH3 is 2. The summed E-state index contributed by atoms with van der Waals surface area (Å²) in [6, 6.07) is 12.7. The van der Waals surface area contributed by atoms with E-state index in [1.165, 1.54) is 38.5 Å². The number of rotatable bonds is 5. The molecule has 3 rings (SSSR count). The zero-order valence-corrected chi connectivity index (χ0v) is 15.9. The standard InChI is InChI=1S/C20H17F2NO4S/c1-26-19-8-5-13(9-20(19)27-2)16-11-18(22)17(21)10-15(16)12-3-6-14(7-4-12)28(23,24)25/h3-11H,1-2H3,(H2,23,24,25). The van der Waals surface area contributed by atoms with Gasteiger partial charge in [0.1, 0.15) is 0 Å². The van der Waals surface area contributed by atoms with Gasteiger partial charge >= 0.3 is 0 Å². The molecule has 0 amide bonds. The summed E-state index contributed by atoms with van der Waals surface area (Å²) in [7, 11) is -0.895. The molecule has 8 heteroatoms. The zero-order valence-electron chi connectivity index (χ0n) is 15.1. The molecule has 0 aliphatic rings. The Kier molecular flexibility index (Phi) is 5.35. The van der Waals surface area contributed by atoms with E-state index in [0.29, 0.717) is 33.8 Å². The Balaban J connectivity index is 2.19. The third-order valence-corrected chi connectivity index (χ3v) is 5.18. The van der Waals surface area contributed by atoms with E-state index in [1.54, 1.807) is 18.2 Å². The van der Waals surface area contributed by atoms with Crippen molar-refractivity contribution in [2.24, 2.45) is 5.14 Å². The topological polar surface area (TPSA) is 78.6 Å². The van der Waals surface area contributed by atoms with Gasteiger partial charge in [-0.2, -0.15) is 0 Å². The van der Waals surface area contributed by atoms with E-state index in [-0.39, 0.29) is 4.90 Å². The molecule has 3 aromatic carbocycles. The number of benzene rings is 3. The predicted octanol–water partition coefficient (Wildman–Crippen LogP) is 3.96. The normalized spacial score (nSPS) is 11.3. The Morgan fingerprint density at radius 1 is 0.750 bits per heavy atom. The van der Waals surface area contributed by atoms with E-state index in [0.717, 1.165) is 12.1 Å². The van der Waals surface area contributed by atoms with Crippen LogP contribution in [0.4, 0.5) is 8.78 Å². The van der Waals surface area contributed by atoms with Gasteiger partial charge in [-0.05, 0) is 58.7 Å². The summed E-state index contributed by atoms with van der Waals surface area (Å²) in [5.74, 6) is -1.10. The Bertz CT molecular complexity index is 1130. The van der Waals surface area contributed by atoms with E-state index >= 15 is 0 Å². The van der Waals surface area contributed by atoms with Crippen LogP contribution in [-0.2, 0) is 10.0 Å². The number of nitrogens with two attached hydrogens (primary N) is 1. The number of sulfonamides is 1. The molecule has 0 atom stereocenters. The number of hydrogen-bond donors (Lipinski definition) is 1. The van der Waals surface area contributed by atoms with Crippen LogP contribution in [0.3, 0.4) is 0 Å². The van der Waals surface area contributed by atoms with Gasteiger partial charge in [0.25, 0.3) is 0 Å². The molecule has 0 bridgehead atoms. The molecule has 0 fully saturated rings. The smallest absolute Gasteiger partial charge is 0.238 e. The molecule has 0 aromatic heterocycles. The monoisotopic (exact) mass is 405 g/mol. The summed E-state index contributed by atoms with van der Waals surface area (Å²) in [6.45, 7) is 0. The van der Waals surface area contributed by atoms with Crippen LogP contribution in [0.25, 0.3) is 22.3 Å². The van der Waals surface area contributed by atoms with Crippen molar-refractivity contribution in [3.8, 4) is 33.8 Å². The summed E-state index contributed by atoms with van der Waals surface area (Å²) in [5.41, 5.74) is 1.86. The van der Waals surface area contributed by atoms with Crippen LogP contribution in [0, 0.1) is 11.6 Å². The first kappa shape index (κ1) is 19.8. The van der Waals surface area contributed by atoms with Gasteiger partial charge in [0.2, 0.25) is 10.0 Å². The molecule has 146 valence electrons. The third-order valence-electron chi connectivity index (χ3n) is 4.25. The van der Waals surface area contributed by atoms with Crippen LogP contribution < -0.4 is 14.6 Å². The van der Waals surface area contributed by atoms with Gasteiger partial charge in [-0.25, -0.2) is 22.3 Å². The summed E-state index contributed by atoms with van der Waals surface area (Å²) in [5, 5.41) is 5.11. The number of halogens is 2. The molecule has 0 aliphatic carbocycles. The highest BCUT2D eigenvalue weighted by atomic mass is 32.2. The SMILES string of the molecule is COc1ccc(-c2cc(F)c(F)cc2-c2ccc(S(N)(=O)=O)cc2)cc1OC. The molecule has 0 radical (unpaired) electrons. The maximum Gasteiger partial charge on any atom is 0.238 e. The molecule has 0 aliphatic heterocycles. The van der Waals surface area contributed by atoms with E-state index in [2.05, 4.69) is 0 Å². The Morgan fingerprint density at radius 2 is 1.25 bits per heavy atom. The van der Waals surface area contributed by atoms with Crippen LogP contribution in [0.1, 0.15) is 0 Å². The minimum absolute atomic E-state index is 0.0773. The highest BCUT2D eigenvalue weighted by molar-refractivity contribution is 7.89. The van der Waals surface area contributed by atoms with E-state index in [4.69, 9.17) is 14.6 Å². The molecular formula is C20H17F2NO4S. The summed E-state index contributed by atoms with van der Waals surface area (Å²) in [6.07, 6.45) is 0. The van der Waals surface area contributed by atoms with Gasteiger partial charge in [0.15, 0.2) is 23.1 Å². The minimum atomic E-state index is -3.86. The fraction of sp³-hybridized carbons (Fsp3) is 0.100. The Morgan fingerprint density at radius 3 is 1.75 bits per heavy atom. The molecule has 0 saturated heterocycles. The molecule has 2 N–H and O–H groups in total. The number of hydrogen-bond acceptors (Lipinski definition) is 4. The van der Waals surface area contributed by atoms with E-state index in [9.17, 15) is 17.2 Å². The first-order valence-corrected chi connectivity index (χ1v) is 9.64. The molecule has 3 aromatic rings. The summed E-state index contributed by atoms with van der Waals surface area (Å²) in [4.78, 5) is -0.0773. The van der Waals surface area contributed by atoms with Crippen molar-refractivity contribution in [1.29, 1.82) is 0 Å². The predicted molar refractivity (Wildman–Crippen MR) is 102 cm³/mol. The molecule has 28 heavy (non-hydrogen) atoms. The fourth-order valence-electron chi connectivity index (χ4n) is 2.85. The van der Waals surface area contributed by atoms with Gasteiger partial charge in [0, 0.05) is 0 Å². The number of primary sulfonamides is 1. The molecule has 0 spiro atoms. The van der Waals surface area contributed by atoms with Crippen molar-refractivity contribution in [1.82, 2.24) is 0 Å². The average molecular weight is 405 g/mol. The zero-order chi connectivity index (χ0) is 20.5. The van der Waals surface area contributed by atoms with Gasteiger partial charge in [0.05, 0.1) is 19.1 Å². The quantitative estimate of drug-likeness (QED) is 0.697. The van der Waals surface area contributed by atoms with Gasteiger partial charge in [-0.15, -0.1) is 0 Å². The van der Waals surface area contributed by atoms with E-state index < -0.39 is 21.7 Å². The first-order valence-electron chi connectivity index (χ1n) is 8.09. The van der Waals surface area contributed by atoms with Crippen LogP contribution in [0.15, 0.2) is 59.5 Å². The van der Waals surface area contributed by atoms with Crippen molar-refractivity contribution in [2.45, 2.75) is 4.90 Å². The van der Waals surface area contributed by atoms with Crippen molar-refractivity contribution in [3.63, 3.8) is 0 Å². The largest absolute Gasteiger partial charge is 0.493 e. The third kappa shape index (κ3) is 3.83. The van der Waals surface area contributed by atoms with Crippen molar-refractivity contribution in [3.05, 3.63) is 66.2 Å². The first-order chi connectivity index (χ1) is 13.2. The summed E-state index contributed by atoms with van der Waals surface area (Å²) < 4.78 is 61.3. The lowest BCUT2D eigenvalue weighted by atomic mass is 9.94. The van der Waals surface area contributed by atoms with Crippen molar-refractivity contribution in [2.75, 3.05) is 14.2 Å². The van der Waals surface area contributed by atoms with Crippen LogP contribution >= 0.6 is 0 Å². The van der Waals surface area contributed by atoms with Crippen molar-refractivity contribution >= 4 is 10.0 Å². The van der Waals surface area contributed by atoms with Gasteiger partial charge in [-0.1, -0.05) is 18.2 Å². The Labute approximate surface area is 161 Å². The second-order valence-corrected chi connectivity index (χ2v) is 7.51. The highest BCUT2D eigenvalue weighted by Crippen LogP contribution is 2.38. The van der Waals surface area contributed by atoms with Crippen LogP contribution in [0.2, 0.25) is 0 Å². The number of ether oxygens (including phenoxy) is 2. The Hall–Kier alpha value is -2.97. The molecular weight excluding hydrogens is 388 g/mol. The van der Waals surface area contributed by atoms with Crippen LogP contribution in [0.5, 0.6) is 11.5 Å². The van der Waals surface area contributed by atoms with Gasteiger partial charge in [-0.3, -0.25) is 0 Å². The second kappa shape index (κ2) is 7.57.